The fourth-order valence-corrected chi connectivity index (χ4v) is 3.04. The van der Waals surface area contributed by atoms with E-state index in [1.807, 2.05) is 37.3 Å². The predicted octanol–water partition coefficient (Wildman–Crippen LogP) is 3.91. The lowest BCUT2D eigenvalue weighted by atomic mass is 10.2. The van der Waals surface area contributed by atoms with Gasteiger partial charge in [0.1, 0.15) is 5.75 Å². The number of rotatable bonds is 6. The van der Waals surface area contributed by atoms with Crippen LogP contribution in [0.2, 0.25) is 0 Å². The van der Waals surface area contributed by atoms with Crippen LogP contribution in [-0.2, 0) is 11.2 Å². The van der Waals surface area contributed by atoms with Crippen LogP contribution in [0.1, 0.15) is 22.2 Å². The number of benzene rings is 1. The van der Waals surface area contributed by atoms with Crippen LogP contribution in [0.3, 0.4) is 0 Å². The van der Waals surface area contributed by atoms with E-state index in [1.54, 1.807) is 17.6 Å². The molecule has 6 heteroatoms. The van der Waals surface area contributed by atoms with Crippen molar-refractivity contribution in [1.29, 1.82) is 0 Å². The molecule has 0 aliphatic carbocycles. The van der Waals surface area contributed by atoms with Crippen molar-refractivity contribution in [1.82, 2.24) is 5.43 Å². The molecule has 1 aromatic heterocycles. The minimum absolute atomic E-state index is 0.0785. The smallest absolute Gasteiger partial charge is 0.277 e. The van der Waals surface area contributed by atoms with Crippen LogP contribution >= 0.6 is 27.3 Å². The van der Waals surface area contributed by atoms with E-state index in [-0.39, 0.29) is 12.5 Å². The zero-order chi connectivity index (χ0) is 15.9. The van der Waals surface area contributed by atoms with Gasteiger partial charge in [-0.2, -0.15) is 5.10 Å². The second-order valence-corrected chi connectivity index (χ2v) is 6.82. The van der Waals surface area contributed by atoms with Crippen molar-refractivity contribution >= 4 is 39.4 Å². The molecule has 0 saturated carbocycles. The van der Waals surface area contributed by atoms with Gasteiger partial charge >= 0.3 is 0 Å². The van der Waals surface area contributed by atoms with Crippen molar-refractivity contribution in [3.8, 4) is 5.75 Å². The number of amides is 1. The molecule has 0 atom stereocenters. The predicted molar refractivity (Wildman–Crippen MR) is 93.8 cm³/mol. The summed E-state index contributed by atoms with van der Waals surface area (Å²) in [6.07, 6.45) is 2.58. The maximum absolute atomic E-state index is 11.7. The molecule has 22 heavy (non-hydrogen) atoms. The van der Waals surface area contributed by atoms with E-state index < -0.39 is 0 Å². The van der Waals surface area contributed by atoms with Crippen LogP contribution in [0.15, 0.2) is 39.9 Å². The maximum atomic E-state index is 11.7. The van der Waals surface area contributed by atoms with Crippen LogP contribution < -0.4 is 10.2 Å². The van der Waals surface area contributed by atoms with Crippen molar-refractivity contribution in [3.05, 3.63) is 50.1 Å². The van der Waals surface area contributed by atoms with Crippen LogP contribution in [0.5, 0.6) is 5.75 Å². The third-order valence-electron chi connectivity index (χ3n) is 2.91. The summed E-state index contributed by atoms with van der Waals surface area (Å²) in [5.41, 5.74) is 3.66. The molecule has 0 saturated heterocycles. The van der Waals surface area contributed by atoms with Gasteiger partial charge in [0.05, 0.1) is 10.7 Å². The van der Waals surface area contributed by atoms with E-state index >= 15 is 0 Å². The zero-order valence-electron chi connectivity index (χ0n) is 12.4. The van der Waals surface area contributed by atoms with Gasteiger partial charge in [-0.3, -0.25) is 4.79 Å². The number of hydrogen-bond acceptors (Lipinski definition) is 4. The molecule has 0 bridgehead atoms. The summed E-state index contributed by atoms with van der Waals surface area (Å²) in [4.78, 5) is 13.9. The third kappa shape index (κ3) is 4.96. The average Bonchev–Trinajstić information content (AvgIpc) is 2.91. The van der Waals surface area contributed by atoms with E-state index in [9.17, 15) is 4.79 Å². The van der Waals surface area contributed by atoms with Crippen LogP contribution in [0.25, 0.3) is 0 Å². The van der Waals surface area contributed by atoms with Gasteiger partial charge in [0.25, 0.3) is 5.91 Å². The first-order valence-electron chi connectivity index (χ1n) is 6.88. The monoisotopic (exact) mass is 380 g/mol. The van der Waals surface area contributed by atoms with Crippen molar-refractivity contribution in [2.45, 2.75) is 20.3 Å². The number of carbonyl (C=O) groups is 1. The van der Waals surface area contributed by atoms with Crippen molar-refractivity contribution in [2.24, 2.45) is 5.10 Å². The topological polar surface area (TPSA) is 50.7 Å². The summed E-state index contributed by atoms with van der Waals surface area (Å²) >= 11 is 5.06. The zero-order valence-corrected chi connectivity index (χ0v) is 14.8. The molecule has 116 valence electrons. The Kier molecular flexibility index (Phi) is 6.15. The number of halogens is 1. The summed E-state index contributed by atoms with van der Waals surface area (Å²) in [6, 6.07) is 9.79. The van der Waals surface area contributed by atoms with E-state index in [1.165, 1.54) is 10.4 Å². The second-order valence-electron chi connectivity index (χ2n) is 4.65. The van der Waals surface area contributed by atoms with E-state index in [4.69, 9.17) is 4.74 Å². The molecule has 2 rings (SSSR count). The number of hydrazone groups is 1. The molecule has 0 radical (unpaired) electrons. The lowest BCUT2D eigenvalue weighted by molar-refractivity contribution is -0.123. The summed E-state index contributed by atoms with van der Waals surface area (Å²) in [7, 11) is 0. The van der Waals surface area contributed by atoms with Gasteiger partial charge in [0, 0.05) is 9.75 Å². The lowest BCUT2D eigenvalue weighted by Gasteiger charge is -2.08. The van der Waals surface area contributed by atoms with Crippen LogP contribution in [-0.4, -0.2) is 18.7 Å². The number of hydrogen-bond donors (Lipinski definition) is 1. The molecule has 0 fully saturated rings. The number of nitrogens with zero attached hydrogens (tertiary/aromatic N) is 1. The number of aryl methyl sites for hydroxylation is 2. The fourth-order valence-electron chi connectivity index (χ4n) is 1.75. The Hall–Kier alpha value is -1.66. The highest BCUT2D eigenvalue weighted by atomic mass is 79.9. The van der Waals surface area contributed by atoms with Crippen molar-refractivity contribution < 1.29 is 9.53 Å². The first-order chi connectivity index (χ1) is 10.6. The van der Waals surface area contributed by atoms with Gasteiger partial charge in [-0.15, -0.1) is 11.3 Å². The fraction of sp³-hybridized carbons (Fsp3) is 0.250. The molecular formula is C16H17BrN2O2S. The molecule has 1 N–H and O–H groups in total. The van der Waals surface area contributed by atoms with Crippen LogP contribution in [0.4, 0.5) is 0 Å². The first kappa shape index (κ1) is 16.7. The summed E-state index contributed by atoms with van der Waals surface area (Å²) in [5.74, 6) is 0.348. The Balaban J connectivity index is 1.81. The number of nitrogens with one attached hydrogen (secondary N) is 1. The second kappa shape index (κ2) is 8.10. The van der Waals surface area contributed by atoms with Crippen molar-refractivity contribution in [3.63, 3.8) is 0 Å². The molecule has 4 nitrogen and oxygen atoms in total. The van der Waals surface area contributed by atoms with Gasteiger partial charge < -0.3 is 4.74 Å². The Labute approximate surface area is 142 Å². The quantitative estimate of drug-likeness (QED) is 0.609. The molecule has 2 aromatic rings. The van der Waals surface area contributed by atoms with Gasteiger partial charge in [0.15, 0.2) is 6.61 Å². The first-order valence-corrected chi connectivity index (χ1v) is 8.49. The van der Waals surface area contributed by atoms with E-state index in [0.717, 1.165) is 15.8 Å². The Bertz CT molecular complexity index is 683. The molecule has 0 unspecified atom stereocenters. The summed E-state index contributed by atoms with van der Waals surface area (Å²) in [6.45, 7) is 4.03. The highest BCUT2D eigenvalue weighted by Gasteiger charge is 2.05. The Morgan fingerprint density at radius 2 is 2.23 bits per heavy atom. The highest BCUT2D eigenvalue weighted by Crippen LogP contribution is 2.26. The molecule has 0 aliphatic heterocycles. The van der Waals surface area contributed by atoms with Gasteiger partial charge in [0.2, 0.25) is 0 Å². The van der Waals surface area contributed by atoms with Gasteiger partial charge in [-0.25, -0.2) is 5.43 Å². The lowest BCUT2D eigenvalue weighted by Crippen LogP contribution is -2.24. The molecule has 1 aromatic carbocycles. The van der Waals surface area contributed by atoms with Crippen molar-refractivity contribution in [2.75, 3.05) is 6.61 Å². The largest absolute Gasteiger partial charge is 0.483 e. The molecule has 0 aliphatic rings. The van der Waals surface area contributed by atoms with E-state index in [0.29, 0.717) is 5.75 Å². The summed E-state index contributed by atoms with van der Waals surface area (Å²) in [5, 5.41) is 3.91. The standard InChI is InChI=1S/C16H17BrN2O2S/c1-3-12-5-7-15(14(17)8-12)21-10-16(20)19-18-9-13-6-4-11(2)22-13/h4-9H,3,10H2,1-2H3,(H,19,20)/b18-9+. The maximum Gasteiger partial charge on any atom is 0.277 e. The Morgan fingerprint density at radius 1 is 1.41 bits per heavy atom. The normalized spacial score (nSPS) is 10.9. The summed E-state index contributed by atoms with van der Waals surface area (Å²) < 4.78 is 6.32. The molecule has 0 spiro atoms. The Morgan fingerprint density at radius 3 is 2.86 bits per heavy atom. The number of thiophene rings is 1. The van der Waals surface area contributed by atoms with Crippen LogP contribution in [0, 0.1) is 6.92 Å². The minimum atomic E-state index is -0.295. The minimum Gasteiger partial charge on any atom is -0.483 e. The molecule has 1 heterocycles. The average molecular weight is 381 g/mol. The highest BCUT2D eigenvalue weighted by molar-refractivity contribution is 9.10. The molecule has 1 amide bonds. The van der Waals surface area contributed by atoms with Gasteiger partial charge in [-0.05, 0) is 59.1 Å². The van der Waals surface area contributed by atoms with E-state index in [2.05, 4.69) is 33.4 Å². The number of ether oxygens (including phenoxy) is 1. The number of carbonyl (C=O) groups excluding carboxylic acids is 1. The SMILES string of the molecule is CCc1ccc(OCC(=O)N/N=C/c2ccc(C)s2)c(Br)c1. The third-order valence-corrected chi connectivity index (χ3v) is 4.46. The molecular weight excluding hydrogens is 364 g/mol. The van der Waals surface area contributed by atoms with Gasteiger partial charge in [-0.1, -0.05) is 13.0 Å².